The smallest absolute Gasteiger partial charge is 0.408 e. The van der Waals surface area contributed by atoms with Gasteiger partial charge in [-0.25, -0.2) is 4.79 Å². The number of hydrogen-bond acceptors (Lipinski definition) is 9. The zero-order chi connectivity index (χ0) is 27.5. The Bertz CT molecular complexity index is 1240. The highest BCUT2D eigenvalue weighted by molar-refractivity contribution is 5.94. The molecule has 1 aromatic heterocycles. The van der Waals surface area contributed by atoms with Gasteiger partial charge in [0.25, 0.3) is 5.91 Å². The standard InChI is InChI=1S/C25H29N7O6/c1-31(2)13-12-26-24(36)19-10-8-18(9-11-19)23-28-30-32(29-23)15-21(33)20(14-22(34)35)27-25(37)38-16-17-6-4-3-5-7-17/h3-11,20H,12-16H2,1-2H3,(H,26,36)(H,27,37)(H,34,35). The van der Waals surface area contributed by atoms with Crippen molar-refractivity contribution in [2.45, 2.75) is 25.6 Å². The van der Waals surface area contributed by atoms with Crippen molar-refractivity contribution in [3.05, 3.63) is 65.7 Å². The number of aromatic nitrogens is 4. The van der Waals surface area contributed by atoms with E-state index in [1.54, 1.807) is 48.5 Å². The maximum absolute atomic E-state index is 12.7. The van der Waals surface area contributed by atoms with Crippen molar-refractivity contribution in [3.63, 3.8) is 0 Å². The molecule has 0 saturated carbocycles. The number of alkyl carbamates (subject to hydrolysis) is 1. The number of carboxylic acids is 1. The topological polar surface area (TPSA) is 169 Å². The quantitative estimate of drug-likeness (QED) is 0.293. The van der Waals surface area contributed by atoms with Gasteiger partial charge in [-0.2, -0.15) is 4.80 Å². The Kier molecular flexibility index (Phi) is 10.00. The van der Waals surface area contributed by atoms with Crippen molar-refractivity contribution in [3.8, 4) is 11.4 Å². The number of carbonyl (C=O) groups excluding carboxylic acids is 3. The fourth-order valence-electron chi connectivity index (χ4n) is 3.27. The van der Waals surface area contributed by atoms with Crippen LogP contribution in [-0.4, -0.2) is 87.2 Å². The van der Waals surface area contributed by atoms with Gasteiger partial charge in [0.2, 0.25) is 5.82 Å². The molecule has 0 aliphatic carbocycles. The van der Waals surface area contributed by atoms with E-state index in [1.807, 2.05) is 25.1 Å². The highest BCUT2D eigenvalue weighted by atomic mass is 16.5. The first kappa shape index (κ1) is 27.9. The summed E-state index contributed by atoms with van der Waals surface area (Å²) in [5.41, 5.74) is 1.77. The predicted octanol–water partition coefficient (Wildman–Crippen LogP) is 0.970. The highest BCUT2D eigenvalue weighted by Crippen LogP contribution is 2.15. The molecule has 0 aliphatic rings. The molecule has 3 aromatic rings. The molecule has 3 N–H and O–H groups in total. The van der Waals surface area contributed by atoms with Crippen molar-refractivity contribution in [1.82, 2.24) is 35.7 Å². The summed E-state index contributed by atoms with van der Waals surface area (Å²) in [7, 11) is 3.83. The number of carbonyl (C=O) groups is 4. The number of nitrogens with one attached hydrogen (secondary N) is 2. The van der Waals surface area contributed by atoms with Gasteiger partial charge in [0.15, 0.2) is 5.78 Å². The van der Waals surface area contributed by atoms with Crippen molar-refractivity contribution >= 4 is 23.8 Å². The highest BCUT2D eigenvalue weighted by Gasteiger charge is 2.25. The first-order valence-corrected chi connectivity index (χ1v) is 11.7. The minimum Gasteiger partial charge on any atom is -0.481 e. The lowest BCUT2D eigenvalue weighted by molar-refractivity contribution is -0.139. The van der Waals surface area contributed by atoms with Gasteiger partial charge in [-0.15, -0.1) is 10.2 Å². The van der Waals surface area contributed by atoms with Crippen molar-refractivity contribution < 1.29 is 29.0 Å². The second-order valence-electron chi connectivity index (χ2n) is 8.60. The number of hydrogen-bond donors (Lipinski definition) is 3. The molecule has 13 nitrogen and oxygen atoms in total. The molecule has 0 saturated heterocycles. The minimum absolute atomic E-state index is 0.0365. The van der Waals surface area contributed by atoms with E-state index in [4.69, 9.17) is 4.74 Å². The summed E-state index contributed by atoms with van der Waals surface area (Å²) in [6, 6.07) is 14.1. The molecule has 1 heterocycles. The first-order valence-electron chi connectivity index (χ1n) is 11.7. The zero-order valence-electron chi connectivity index (χ0n) is 21.0. The van der Waals surface area contributed by atoms with E-state index >= 15 is 0 Å². The largest absolute Gasteiger partial charge is 0.481 e. The van der Waals surface area contributed by atoms with Crippen molar-refractivity contribution in [2.75, 3.05) is 27.2 Å². The molecule has 0 spiro atoms. The molecule has 0 bridgehead atoms. The predicted molar refractivity (Wildman–Crippen MR) is 135 cm³/mol. The Balaban J connectivity index is 1.57. The van der Waals surface area contributed by atoms with Crippen LogP contribution >= 0.6 is 0 Å². The van der Waals surface area contributed by atoms with Gasteiger partial charge in [0.1, 0.15) is 19.2 Å². The number of benzene rings is 2. The molecule has 200 valence electrons. The van der Waals surface area contributed by atoms with Crippen LogP contribution < -0.4 is 10.6 Å². The van der Waals surface area contributed by atoms with Gasteiger partial charge in [0, 0.05) is 24.2 Å². The fourth-order valence-corrected chi connectivity index (χ4v) is 3.27. The zero-order valence-corrected chi connectivity index (χ0v) is 21.0. The van der Waals surface area contributed by atoms with Gasteiger partial charge in [-0.05, 0) is 37.0 Å². The molecule has 2 aromatic carbocycles. The summed E-state index contributed by atoms with van der Waals surface area (Å²) in [5.74, 6) is -1.91. The van der Waals surface area contributed by atoms with E-state index in [0.717, 1.165) is 10.4 Å². The number of aliphatic carboxylic acids is 1. The molecule has 13 heteroatoms. The third-order valence-electron chi connectivity index (χ3n) is 5.27. The van der Waals surface area contributed by atoms with E-state index in [0.29, 0.717) is 24.2 Å². The summed E-state index contributed by atoms with van der Waals surface area (Å²) in [6.07, 6.45) is -1.56. The first-order chi connectivity index (χ1) is 18.2. The monoisotopic (exact) mass is 523 g/mol. The van der Waals surface area contributed by atoms with Gasteiger partial charge < -0.3 is 25.4 Å². The van der Waals surface area contributed by atoms with E-state index in [9.17, 15) is 24.3 Å². The Labute approximate surface area is 218 Å². The van der Waals surface area contributed by atoms with E-state index in [1.165, 1.54) is 0 Å². The third-order valence-corrected chi connectivity index (χ3v) is 5.27. The Morgan fingerprint density at radius 2 is 1.76 bits per heavy atom. The lowest BCUT2D eigenvalue weighted by Crippen LogP contribution is -2.44. The summed E-state index contributed by atoms with van der Waals surface area (Å²) in [5, 5.41) is 26.2. The second-order valence-corrected chi connectivity index (χ2v) is 8.60. The summed E-state index contributed by atoms with van der Waals surface area (Å²) in [4.78, 5) is 51.4. The Hall–Kier alpha value is -4.65. The van der Waals surface area contributed by atoms with Crippen LogP contribution in [-0.2, 0) is 27.5 Å². The SMILES string of the molecule is CN(C)CCNC(=O)c1ccc(-c2nnn(CC(=O)C(CC(=O)O)NC(=O)OCc3ccccc3)n2)cc1. The van der Waals surface area contributed by atoms with Crippen LogP contribution in [0.3, 0.4) is 0 Å². The van der Waals surface area contributed by atoms with Crippen molar-refractivity contribution in [2.24, 2.45) is 0 Å². The third kappa shape index (κ3) is 8.78. The fraction of sp³-hybridized carbons (Fsp3) is 0.320. The lowest BCUT2D eigenvalue weighted by atomic mass is 10.1. The average Bonchev–Trinajstić information content (AvgIpc) is 3.35. The minimum atomic E-state index is -1.35. The molecule has 0 fully saturated rings. The number of likely N-dealkylation sites (N-methyl/N-ethyl adjacent to an activating group) is 1. The van der Waals surface area contributed by atoms with Gasteiger partial charge in [-0.1, -0.05) is 42.5 Å². The summed E-state index contributed by atoms with van der Waals surface area (Å²) in [6.45, 7) is 0.773. The maximum atomic E-state index is 12.7. The number of nitrogens with zero attached hydrogens (tertiary/aromatic N) is 5. The number of rotatable bonds is 13. The molecule has 2 amide bonds. The molecular weight excluding hydrogens is 494 g/mol. The van der Waals surface area contributed by atoms with Gasteiger partial charge >= 0.3 is 12.1 Å². The van der Waals surface area contributed by atoms with Crippen molar-refractivity contribution in [1.29, 1.82) is 0 Å². The molecule has 38 heavy (non-hydrogen) atoms. The molecule has 3 rings (SSSR count). The number of carboxylic acid groups (broad SMARTS) is 1. The number of ether oxygens (including phenoxy) is 1. The summed E-state index contributed by atoms with van der Waals surface area (Å²) >= 11 is 0. The Morgan fingerprint density at radius 3 is 2.42 bits per heavy atom. The Morgan fingerprint density at radius 1 is 1.05 bits per heavy atom. The van der Waals surface area contributed by atoms with Gasteiger partial charge in [-0.3, -0.25) is 14.4 Å². The summed E-state index contributed by atoms with van der Waals surface area (Å²) < 4.78 is 5.08. The van der Waals surface area contributed by atoms with E-state index < -0.39 is 36.9 Å². The normalized spacial score (nSPS) is 11.6. The van der Waals surface area contributed by atoms with E-state index in [2.05, 4.69) is 26.0 Å². The molecule has 0 aliphatic heterocycles. The van der Waals surface area contributed by atoms with Crippen LogP contribution in [0.15, 0.2) is 54.6 Å². The van der Waals surface area contributed by atoms with Crippen LogP contribution in [0, 0.1) is 0 Å². The molecule has 1 unspecified atom stereocenters. The number of Topliss-reactive ketones (excluding diaryl/α,β-unsaturated/α-hetero) is 1. The molecular formula is C25H29N7O6. The average molecular weight is 524 g/mol. The van der Waals surface area contributed by atoms with Crippen LogP contribution in [0.5, 0.6) is 0 Å². The van der Waals surface area contributed by atoms with Crippen LogP contribution in [0.4, 0.5) is 4.79 Å². The van der Waals surface area contributed by atoms with E-state index in [-0.39, 0.29) is 18.3 Å². The second kappa shape index (κ2) is 13.6. The maximum Gasteiger partial charge on any atom is 0.408 e. The lowest BCUT2D eigenvalue weighted by Gasteiger charge is -2.15. The number of ketones is 1. The molecule has 0 radical (unpaired) electrons. The molecule has 1 atom stereocenters. The van der Waals surface area contributed by atoms with Gasteiger partial charge in [0.05, 0.1) is 6.42 Å². The number of tetrazole rings is 1. The van der Waals surface area contributed by atoms with Crippen LogP contribution in [0.25, 0.3) is 11.4 Å². The van der Waals surface area contributed by atoms with Crippen LogP contribution in [0.1, 0.15) is 22.3 Å². The van der Waals surface area contributed by atoms with Crippen LogP contribution in [0.2, 0.25) is 0 Å². The number of amides is 2.